The fraction of sp³-hybridized carbons (Fsp3) is 1.00. The molecular weight excluding hydrogens is 186 g/mol. The average molecular weight is 208 g/mol. The van der Waals surface area contributed by atoms with Crippen molar-refractivity contribution in [2.24, 2.45) is 0 Å². The highest BCUT2D eigenvalue weighted by molar-refractivity contribution is 7.18. The van der Waals surface area contributed by atoms with Gasteiger partial charge in [0.25, 0.3) is 0 Å². The largest absolute Gasteiger partial charge is 0.312 e. The standard InChI is InChI=1S/C9H22ClNSi/c1-5-8-9-12(4,10)11(6-2)7-3/h5-9H2,1-4H3. The molecule has 3 heteroatoms. The summed E-state index contributed by atoms with van der Waals surface area (Å²) < 4.78 is 2.45. The van der Waals surface area contributed by atoms with E-state index in [0.29, 0.717) is 0 Å². The van der Waals surface area contributed by atoms with Crippen LogP contribution in [0, 0.1) is 0 Å². The van der Waals surface area contributed by atoms with Gasteiger partial charge in [0.05, 0.1) is 0 Å². The van der Waals surface area contributed by atoms with Gasteiger partial charge in [-0.3, -0.25) is 0 Å². The number of hydrogen-bond acceptors (Lipinski definition) is 1. The highest BCUT2D eigenvalue weighted by atomic mass is 35.6. The van der Waals surface area contributed by atoms with Crippen LogP contribution in [0.1, 0.15) is 33.6 Å². The van der Waals surface area contributed by atoms with Crippen molar-refractivity contribution >= 4 is 18.6 Å². The van der Waals surface area contributed by atoms with E-state index >= 15 is 0 Å². The molecule has 12 heavy (non-hydrogen) atoms. The van der Waals surface area contributed by atoms with Crippen LogP contribution in [0.2, 0.25) is 12.6 Å². The van der Waals surface area contributed by atoms with E-state index in [1.165, 1.54) is 18.9 Å². The number of hydrogen-bond donors (Lipinski definition) is 0. The van der Waals surface area contributed by atoms with Crippen molar-refractivity contribution in [1.82, 2.24) is 4.57 Å². The Labute approximate surface area is 82.9 Å². The molecule has 0 fully saturated rings. The van der Waals surface area contributed by atoms with Gasteiger partial charge >= 0.3 is 0 Å². The SMILES string of the molecule is CCCC[Si](C)(Cl)N(CC)CC. The fourth-order valence-electron chi connectivity index (χ4n) is 1.54. The molecule has 0 spiro atoms. The summed E-state index contributed by atoms with van der Waals surface area (Å²) in [5.74, 6) is 0. The van der Waals surface area contributed by atoms with Crippen LogP contribution in [0.3, 0.4) is 0 Å². The van der Waals surface area contributed by atoms with Crippen LogP contribution >= 0.6 is 11.1 Å². The molecule has 0 aliphatic rings. The first-order chi connectivity index (χ1) is 5.58. The number of nitrogens with zero attached hydrogens (tertiary/aromatic N) is 1. The number of halogens is 1. The molecule has 0 radical (unpaired) electrons. The lowest BCUT2D eigenvalue weighted by Gasteiger charge is -2.32. The van der Waals surface area contributed by atoms with Crippen LogP contribution in [0.15, 0.2) is 0 Å². The first kappa shape index (κ1) is 12.5. The molecule has 0 rings (SSSR count). The van der Waals surface area contributed by atoms with Gasteiger partial charge in [-0.2, -0.15) is 0 Å². The molecule has 0 N–H and O–H groups in total. The van der Waals surface area contributed by atoms with Gasteiger partial charge in [-0.15, -0.1) is 11.1 Å². The Hall–Kier alpha value is 0.467. The second-order valence-electron chi connectivity index (χ2n) is 3.42. The summed E-state index contributed by atoms with van der Waals surface area (Å²) in [6, 6.07) is 1.23. The Morgan fingerprint density at radius 2 is 1.67 bits per heavy atom. The summed E-state index contributed by atoms with van der Waals surface area (Å²) in [4.78, 5) is 0. The molecule has 0 saturated carbocycles. The van der Waals surface area contributed by atoms with Crippen molar-refractivity contribution in [2.45, 2.75) is 46.2 Å². The highest BCUT2D eigenvalue weighted by Gasteiger charge is 2.29. The van der Waals surface area contributed by atoms with E-state index in [4.69, 9.17) is 11.1 Å². The van der Waals surface area contributed by atoms with E-state index in [-0.39, 0.29) is 0 Å². The van der Waals surface area contributed by atoms with Crippen LogP contribution in [-0.4, -0.2) is 25.2 Å². The molecule has 0 aromatic rings. The van der Waals surface area contributed by atoms with E-state index in [2.05, 4.69) is 31.9 Å². The predicted octanol–water partition coefficient (Wildman–Crippen LogP) is 3.44. The molecule has 74 valence electrons. The third-order valence-corrected chi connectivity index (χ3v) is 6.91. The zero-order chi connectivity index (χ0) is 9.61. The third kappa shape index (κ3) is 3.92. The van der Waals surface area contributed by atoms with Gasteiger partial charge in [-0.25, -0.2) is 0 Å². The predicted molar refractivity (Wildman–Crippen MR) is 60.1 cm³/mol. The molecular formula is C9H22ClNSi. The maximum atomic E-state index is 6.55. The Morgan fingerprint density at radius 1 is 1.17 bits per heavy atom. The minimum absolute atomic E-state index is 1.10. The summed E-state index contributed by atoms with van der Waals surface area (Å²) in [5.41, 5.74) is 0. The van der Waals surface area contributed by atoms with Gasteiger partial charge in [0, 0.05) is 0 Å². The molecule has 0 bridgehead atoms. The Bertz CT molecular complexity index is 113. The lowest BCUT2D eigenvalue weighted by atomic mass is 10.4. The van der Waals surface area contributed by atoms with Crippen molar-refractivity contribution in [3.63, 3.8) is 0 Å². The Balaban J connectivity index is 3.96. The molecule has 0 aliphatic carbocycles. The second kappa shape index (κ2) is 6.00. The lowest BCUT2D eigenvalue weighted by molar-refractivity contribution is 0.472. The van der Waals surface area contributed by atoms with Crippen molar-refractivity contribution in [3.8, 4) is 0 Å². The van der Waals surface area contributed by atoms with E-state index in [0.717, 1.165) is 13.1 Å². The second-order valence-corrected chi connectivity index (χ2v) is 9.28. The van der Waals surface area contributed by atoms with Gasteiger partial charge in [-0.1, -0.05) is 33.6 Å². The maximum absolute atomic E-state index is 6.55. The zero-order valence-corrected chi connectivity index (χ0v) is 10.6. The molecule has 0 saturated heterocycles. The summed E-state index contributed by atoms with van der Waals surface area (Å²) in [6.45, 7) is 11.1. The van der Waals surface area contributed by atoms with Gasteiger partial charge in [0.2, 0.25) is 7.55 Å². The Morgan fingerprint density at radius 3 is 2.00 bits per heavy atom. The zero-order valence-electron chi connectivity index (χ0n) is 8.86. The van der Waals surface area contributed by atoms with E-state index in [9.17, 15) is 0 Å². The van der Waals surface area contributed by atoms with Gasteiger partial charge in [0.1, 0.15) is 0 Å². The molecule has 0 heterocycles. The molecule has 1 unspecified atom stereocenters. The van der Waals surface area contributed by atoms with Crippen molar-refractivity contribution in [2.75, 3.05) is 13.1 Å². The summed E-state index contributed by atoms with van der Waals surface area (Å²) in [7, 11) is -1.55. The first-order valence-electron chi connectivity index (χ1n) is 5.02. The minimum atomic E-state index is -1.55. The fourth-order valence-corrected chi connectivity index (χ4v) is 5.29. The minimum Gasteiger partial charge on any atom is -0.312 e. The monoisotopic (exact) mass is 207 g/mol. The molecule has 1 nitrogen and oxygen atoms in total. The van der Waals surface area contributed by atoms with Gasteiger partial charge in [0.15, 0.2) is 0 Å². The van der Waals surface area contributed by atoms with E-state index < -0.39 is 7.55 Å². The molecule has 0 aromatic carbocycles. The normalized spacial score (nSPS) is 16.5. The number of rotatable bonds is 6. The van der Waals surface area contributed by atoms with E-state index in [1.54, 1.807) is 0 Å². The average Bonchev–Trinajstić information content (AvgIpc) is 2.03. The van der Waals surface area contributed by atoms with Crippen molar-refractivity contribution in [1.29, 1.82) is 0 Å². The third-order valence-electron chi connectivity index (χ3n) is 2.41. The maximum Gasteiger partial charge on any atom is 0.226 e. The first-order valence-corrected chi connectivity index (χ1v) is 8.69. The van der Waals surface area contributed by atoms with Crippen molar-refractivity contribution < 1.29 is 0 Å². The van der Waals surface area contributed by atoms with Crippen LogP contribution in [0.5, 0.6) is 0 Å². The van der Waals surface area contributed by atoms with Crippen LogP contribution < -0.4 is 0 Å². The molecule has 1 atom stereocenters. The molecule has 0 amide bonds. The highest BCUT2D eigenvalue weighted by Crippen LogP contribution is 2.22. The summed E-state index contributed by atoms with van der Waals surface area (Å²) in [6.07, 6.45) is 2.54. The summed E-state index contributed by atoms with van der Waals surface area (Å²) >= 11 is 6.55. The van der Waals surface area contributed by atoms with Crippen molar-refractivity contribution in [3.05, 3.63) is 0 Å². The van der Waals surface area contributed by atoms with Gasteiger partial charge in [-0.05, 0) is 25.7 Å². The Kier molecular flexibility index (Phi) is 6.24. The van der Waals surface area contributed by atoms with Crippen LogP contribution in [0.25, 0.3) is 0 Å². The van der Waals surface area contributed by atoms with E-state index in [1.807, 2.05) is 0 Å². The quantitative estimate of drug-likeness (QED) is 0.477. The van der Waals surface area contributed by atoms with Gasteiger partial charge < -0.3 is 4.57 Å². The van der Waals surface area contributed by atoms with Crippen LogP contribution in [-0.2, 0) is 0 Å². The topological polar surface area (TPSA) is 3.24 Å². The molecule has 0 aromatic heterocycles. The lowest BCUT2D eigenvalue weighted by Crippen LogP contribution is -2.46. The van der Waals surface area contributed by atoms with Crippen LogP contribution in [0.4, 0.5) is 0 Å². The molecule has 0 aliphatic heterocycles. The number of unbranched alkanes of at least 4 members (excludes halogenated alkanes) is 1. The summed E-state index contributed by atoms with van der Waals surface area (Å²) in [5, 5.41) is 0. The smallest absolute Gasteiger partial charge is 0.226 e.